The molecule has 2 heterocycles. The number of aryl methyl sites for hydroxylation is 2. The quantitative estimate of drug-likeness (QED) is 0.556. The van der Waals surface area contributed by atoms with Crippen molar-refractivity contribution < 1.29 is 0 Å². The van der Waals surface area contributed by atoms with Gasteiger partial charge in [0.1, 0.15) is 0 Å². The van der Waals surface area contributed by atoms with E-state index in [1.54, 1.807) is 6.20 Å². The Morgan fingerprint density at radius 2 is 1.71 bits per heavy atom. The molecule has 0 aliphatic heterocycles. The predicted octanol–water partition coefficient (Wildman–Crippen LogP) is 4.13. The number of rotatable bonds is 5. The molecule has 4 nitrogen and oxygen atoms in total. The summed E-state index contributed by atoms with van der Waals surface area (Å²) in [4.78, 5) is 4.64. The van der Waals surface area contributed by atoms with Crippen LogP contribution in [0.1, 0.15) is 12.2 Å². The molecular formula is C20H18N4. The molecule has 0 aliphatic carbocycles. The fourth-order valence-corrected chi connectivity index (χ4v) is 2.94. The molecule has 0 atom stereocenters. The average molecular weight is 314 g/mol. The lowest BCUT2D eigenvalue weighted by Crippen LogP contribution is -2.03. The molecule has 0 radical (unpaired) electrons. The van der Waals surface area contributed by atoms with Crippen molar-refractivity contribution in [1.82, 2.24) is 19.7 Å². The molecule has 2 aromatic carbocycles. The number of hydrogen-bond acceptors (Lipinski definition) is 3. The van der Waals surface area contributed by atoms with Crippen molar-refractivity contribution in [3.63, 3.8) is 0 Å². The number of fused-ring (bicyclic) bond motifs is 1. The van der Waals surface area contributed by atoms with Crippen LogP contribution in [0.3, 0.4) is 0 Å². The Morgan fingerprint density at radius 1 is 0.875 bits per heavy atom. The van der Waals surface area contributed by atoms with Crippen LogP contribution in [0.15, 0.2) is 73.1 Å². The standard InChI is InChI=1S/C20H18N4/c1-2-7-16(8-3-1)18-15-21-23-20(22-18)11-6-13-24-14-12-17-9-4-5-10-19(17)24/h1-5,7-10,12,14-15H,6,11,13H2. The van der Waals surface area contributed by atoms with Gasteiger partial charge in [-0.2, -0.15) is 5.10 Å². The first-order chi connectivity index (χ1) is 11.9. The van der Waals surface area contributed by atoms with Gasteiger partial charge < -0.3 is 4.57 Å². The second-order valence-electron chi connectivity index (χ2n) is 5.80. The maximum atomic E-state index is 4.64. The summed E-state index contributed by atoms with van der Waals surface area (Å²) in [7, 11) is 0. The van der Waals surface area contributed by atoms with Crippen LogP contribution in [0.5, 0.6) is 0 Å². The maximum Gasteiger partial charge on any atom is 0.151 e. The molecule has 0 spiro atoms. The van der Waals surface area contributed by atoms with E-state index >= 15 is 0 Å². The van der Waals surface area contributed by atoms with E-state index in [0.29, 0.717) is 0 Å². The summed E-state index contributed by atoms with van der Waals surface area (Å²) < 4.78 is 2.28. The number of para-hydroxylation sites is 1. The van der Waals surface area contributed by atoms with Crippen LogP contribution in [-0.4, -0.2) is 19.7 Å². The highest BCUT2D eigenvalue weighted by atomic mass is 15.1. The molecule has 0 fully saturated rings. The monoisotopic (exact) mass is 314 g/mol. The SMILES string of the molecule is c1ccc(-c2cnnc(CCCn3ccc4ccccc43)n2)cc1. The Morgan fingerprint density at radius 3 is 2.62 bits per heavy atom. The average Bonchev–Trinajstić information content (AvgIpc) is 3.06. The van der Waals surface area contributed by atoms with Crippen LogP contribution in [-0.2, 0) is 13.0 Å². The van der Waals surface area contributed by atoms with Crippen LogP contribution in [0.2, 0.25) is 0 Å². The molecule has 4 heteroatoms. The normalized spacial score (nSPS) is 11.0. The van der Waals surface area contributed by atoms with Gasteiger partial charge in [0.25, 0.3) is 0 Å². The summed E-state index contributed by atoms with van der Waals surface area (Å²) >= 11 is 0. The van der Waals surface area contributed by atoms with Gasteiger partial charge in [-0.05, 0) is 23.9 Å². The third-order valence-electron chi connectivity index (χ3n) is 4.15. The zero-order chi connectivity index (χ0) is 16.2. The Labute approximate surface area is 140 Å². The van der Waals surface area contributed by atoms with Gasteiger partial charge in [0, 0.05) is 30.2 Å². The van der Waals surface area contributed by atoms with Gasteiger partial charge in [0.2, 0.25) is 0 Å². The molecule has 0 bridgehead atoms. The van der Waals surface area contributed by atoms with E-state index in [-0.39, 0.29) is 0 Å². The molecule has 4 aromatic rings. The fraction of sp³-hybridized carbons (Fsp3) is 0.150. The number of benzene rings is 2. The van der Waals surface area contributed by atoms with Crippen molar-refractivity contribution in [2.45, 2.75) is 19.4 Å². The van der Waals surface area contributed by atoms with Crippen molar-refractivity contribution in [2.24, 2.45) is 0 Å². The van der Waals surface area contributed by atoms with Gasteiger partial charge in [-0.25, -0.2) is 4.98 Å². The van der Waals surface area contributed by atoms with E-state index in [2.05, 4.69) is 56.3 Å². The summed E-state index contributed by atoms with van der Waals surface area (Å²) in [6.45, 7) is 0.951. The zero-order valence-corrected chi connectivity index (χ0v) is 13.3. The summed E-state index contributed by atoms with van der Waals surface area (Å²) in [5, 5.41) is 9.56. The predicted molar refractivity (Wildman–Crippen MR) is 95.5 cm³/mol. The number of hydrogen-bond donors (Lipinski definition) is 0. The lowest BCUT2D eigenvalue weighted by atomic mass is 10.2. The first-order valence-electron chi connectivity index (χ1n) is 8.18. The topological polar surface area (TPSA) is 43.6 Å². The molecule has 0 aliphatic rings. The summed E-state index contributed by atoms with van der Waals surface area (Å²) in [6.07, 6.45) is 5.67. The summed E-state index contributed by atoms with van der Waals surface area (Å²) in [6, 6.07) is 20.7. The van der Waals surface area contributed by atoms with E-state index in [9.17, 15) is 0 Å². The molecule has 4 rings (SSSR count). The van der Waals surface area contributed by atoms with Crippen LogP contribution in [0.25, 0.3) is 22.2 Å². The zero-order valence-electron chi connectivity index (χ0n) is 13.3. The molecule has 2 aromatic heterocycles. The second kappa shape index (κ2) is 6.62. The molecule has 0 saturated heterocycles. The van der Waals surface area contributed by atoms with Crippen molar-refractivity contribution in [1.29, 1.82) is 0 Å². The van der Waals surface area contributed by atoms with E-state index in [0.717, 1.165) is 36.5 Å². The van der Waals surface area contributed by atoms with Gasteiger partial charge in [0.15, 0.2) is 5.82 Å². The number of nitrogens with zero attached hydrogens (tertiary/aromatic N) is 4. The van der Waals surface area contributed by atoms with Crippen LogP contribution < -0.4 is 0 Å². The van der Waals surface area contributed by atoms with Crippen molar-refractivity contribution in [3.05, 3.63) is 78.9 Å². The molecule has 118 valence electrons. The smallest absolute Gasteiger partial charge is 0.151 e. The fourth-order valence-electron chi connectivity index (χ4n) is 2.94. The minimum absolute atomic E-state index is 0.799. The van der Waals surface area contributed by atoms with Crippen LogP contribution in [0.4, 0.5) is 0 Å². The van der Waals surface area contributed by atoms with Crippen molar-refractivity contribution in [3.8, 4) is 11.3 Å². The van der Waals surface area contributed by atoms with E-state index in [4.69, 9.17) is 0 Å². The van der Waals surface area contributed by atoms with Crippen molar-refractivity contribution >= 4 is 10.9 Å². The largest absolute Gasteiger partial charge is 0.347 e. The molecule has 0 amide bonds. The Bertz CT molecular complexity index is 944. The Kier molecular flexibility index (Phi) is 4.02. The van der Waals surface area contributed by atoms with E-state index < -0.39 is 0 Å². The first-order valence-corrected chi connectivity index (χ1v) is 8.18. The minimum atomic E-state index is 0.799. The number of aromatic nitrogens is 4. The van der Waals surface area contributed by atoms with Crippen molar-refractivity contribution in [2.75, 3.05) is 0 Å². The first kappa shape index (κ1) is 14.6. The molecular weight excluding hydrogens is 296 g/mol. The van der Waals surface area contributed by atoms with Crippen LogP contribution >= 0.6 is 0 Å². The highest BCUT2D eigenvalue weighted by molar-refractivity contribution is 5.79. The van der Waals surface area contributed by atoms with Gasteiger partial charge >= 0.3 is 0 Å². The Balaban J connectivity index is 1.45. The summed E-state index contributed by atoms with van der Waals surface area (Å²) in [5.74, 6) is 0.799. The lowest BCUT2D eigenvalue weighted by Gasteiger charge is -2.06. The van der Waals surface area contributed by atoms with Gasteiger partial charge in [-0.3, -0.25) is 0 Å². The van der Waals surface area contributed by atoms with Crippen LogP contribution in [0, 0.1) is 0 Å². The minimum Gasteiger partial charge on any atom is -0.347 e. The molecule has 0 unspecified atom stereocenters. The Hall–Kier alpha value is -3.01. The third kappa shape index (κ3) is 3.04. The van der Waals surface area contributed by atoms with Gasteiger partial charge in [-0.15, -0.1) is 5.10 Å². The van der Waals surface area contributed by atoms with E-state index in [1.807, 2.05) is 30.3 Å². The third-order valence-corrected chi connectivity index (χ3v) is 4.15. The lowest BCUT2D eigenvalue weighted by molar-refractivity contribution is 0.639. The van der Waals surface area contributed by atoms with Gasteiger partial charge in [-0.1, -0.05) is 48.5 Å². The summed E-state index contributed by atoms with van der Waals surface area (Å²) in [5.41, 5.74) is 3.23. The highest BCUT2D eigenvalue weighted by Crippen LogP contribution is 2.17. The highest BCUT2D eigenvalue weighted by Gasteiger charge is 2.04. The second-order valence-corrected chi connectivity index (χ2v) is 5.80. The molecule has 24 heavy (non-hydrogen) atoms. The van der Waals surface area contributed by atoms with Gasteiger partial charge in [0.05, 0.1) is 11.9 Å². The maximum absolute atomic E-state index is 4.64. The van der Waals surface area contributed by atoms with E-state index in [1.165, 1.54) is 10.9 Å². The molecule has 0 saturated carbocycles. The molecule has 0 N–H and O–H groups in total.